The third kappa shape index (κ3) is 7.18. The molecule has 0 radical (unpaired) electrons. The molecule has 2 fully saturated rings. The number of halogens is 3. The Morgan fingerprint density at radius 3 is 2.55 bits per heavy atom. The first-order valence-electron chi connectivity index (χ1n) is 15.4. The summed E-state index contributed by atoms with van der Waals surface area (Å²) < 4.78 is 41.4. The van der Waals surface area contributed by atoms with Gasteiger partial charge in [-0.05, 0) is 75.1 Å². The lowest BCUT2D eigenvalue weighted by Crippen LogP contribution is -2.39. The number of imide groups is 1. The van der Waals surface area contributed by atoms with Gasteiger partial charge in [0.1, 0.15) is 11.4 Å². The number of nitrogens with one attached hydrogen (secondary N) is 2. The van der Waals surface area contributed by atoms with Gasteiger partial charge >= 0.3 is 6.18 Å². The molecular weight excluding hydrogens is 615 g/mol. The van der Waals surface area contributed by atoms with Crippen molar-refractivity contribution in [3.8, 4) is 0 Å². The maximum Gasteiger partial charge on any atom is 0.433 e. The molecule has 1 aromatic carbocycles. The molecule has 3 aromatic heterocycles. The Kier molecular flexibility index (Phi) is 8.57. The summed E-state index contributed by atoms with van der Waals surface area (Å²) in [7, 11) is 0. The van der Waals surface area contributed by atoms with Gasteiger partial charge in [-0.1, -0.05) is 6.07 Å². The number of aliphatic hydroxyl groups is 1. The van der Waals surface area contributed by atoms with Crippen LogP contribution in [-0.4, -0.2) is 60.6 Å². The Morgan fingerprint density at radius 1 is 1.09 bits per heavy atom. The van der Waals surface area contributed by atoms with Gasteiger partial charge in [-0.2, -0.15) is 18.3 Å². The maximum atomic E-state index is 13.2. The second-order valence-corrected chi connectivity index (χ2v) is 12.6. The molecule has 0 spiro atoms. The highest BCUT2D eigenvalue weighted by Crippen LogP contribution is 2.34. The summed E-state index contributed by atoms with van der Waals surface area (Å²) in [6.07, 6.45) is 1.26. The van der Waals surface area contributed by atoms with Crippen molar-refractivity contribution in [1.29, 1.82) is 0 Å². The average molecular weight is 650 g/mol. The summed E-state index contributed by atoms with van der Waals surface area (Å²) in [6.45, 7) is 5.40. The van der Waals surface area contributed by atoms with Crippen LogP contribution in [0.4, 0.5) is 18.9 Å². The Hall–Kier alpha value is -4.69. The molecule has 4 aromatic rings. The van der Waals surface area contributed by atoms with E-state index in [0.717, 1.165) is 43.6 Å². The highest BCUT2D eigenvalue weighted by Gasteiger charge is 2.33. The largest absolute Gasteiger partial charge is 0.433 e. The zero-order chi connectivity index (χ0) is 33.5. The first-order chi connectivity index (χ1) is 22.2. The van der Waals surface area contributed by atoms with Crippen molar-refractivity contribution in [2.45, 2.75) is 69.8 Å². The fourth-order valence-corrected chi connectivity index (χ4v) is 6.15. The summed E-state index contributed by atoms with van der Waals surface area (Å²) in [6, 6.07) is 10.4. The predicted octanol–water partition coefficient (Wildman–Crippen LogP) is 4.68. The van der Waals surface area contributed by atoms with Crippen LogP contribution in [0.5, 0.6) is 0 Å². The van der Waals surface area contributed by atoms with E-state index in [2.05, 4.69) is 25.5 Å². The second kappa shape index (κ2) is 12.5. The zero-order valence-corrected chi connectivity index (χ0v) is 25.8. The highest BCUT2D eigenvalue weighted by atomic mass is 19.4. The smallest absolute Gasteiger partial charge is 0.386 e. The minimum atomic E-state index is -4.70. The standard InChI is InChI=1S/C33H34F3N7O4/c1-32(2,47)23-16-25-20(15-27(23)39-31(46)24-4-3-5-28(38-24)33(34,35)36)18-43(41-25)21-9-12-42(13-10-21)17-19-8-11-37-26(14-19)22-6-7-29(44)40-30(22)45/h3-5,8,11,14-16,18,21-22,47H,6-7,9-10,12-13,17H2,1-2H3,(H,39,46)(H,40,44,45). The van der Waals surface area contributed by atoms with Crippen LogP contribution in [0.15, 0.2) is 54.9 Å². The van der Waals surface area contributed by atoms with Crippen LogP contribution < -0.4 is 10.6 Å². The molecular formula is C33H34F3N7O4. The lowest BCUT2D eigenvalue weighted by Gasteiger charge is -2.32. The quantitative estimate of drug-likeness (QED) is 0.245. The first kappa shape index (κ1) is 32.3. The fourth-order valence-electron chi connectivity index (χ4n) is 6.15. The molecule has 6 rings (SSSR count). The van der Waals surface area contributed by atoms with Crippen molar-refractivity contribution in [2.75, 3.05) is 18.4 Å². The molecule has 3 N–H and O–H groups in total. The molecule has 1 unspecified atom stereocenters. The van der Waals surface area contributed by atoms with Gasteiger partial charge in [0, 0.05) is 55.1 Å². The first-order valence-corrected chi connectivity index (χ1v) is 15.4. The van der Waals surface area contributed by atoms with Gasteiger partial charge < -0.3 is 10.4 Å². The van der Waals surface area contributed by atoms with E-state index in [9.17, 15) is 32.7 Å². The molecule has 11 nitrogen and oxygen atoms in total. The van der Waals surface area contributed by atoms with Gasteiger partial charge in [0.25, 0.3) is 5.91 Å². The molecule has 0 bridgehead atoms. The minimum absolute atomic E-state index is 0.105. The second-order valence-electron chi connectivity index (χ2n) is 12.6. The maximum absolute atomic E-state index is 13.2. The highest BCUT2D eigenvalue weighted by molar-refractivity contribution is 6.04. The van der Waals surface area contributed by atoms with Crippen molar-refractivity contribution in [2.24, 2.45) is 0 Å². The summed E-state index contributed by atoms with van der Waals surface area (Å²) >= 11 is 0. The molecule has 0 aliphatic carbocycles. The number of likely N-dealkylation sites (tertiary alicyclic amines) is 1. The van der Waals surface area contributed by atoms with Crippen molar-refractivity contribution in [3.63, 3.8) is 0 Å². The van der Waals surface area contributed by atoms with E-state index >= 15 is 0 Å². The Bertz CT molecular complexity index is 1840. The summed E-state index contributed by atoms with van der Waals surface area (Å²) in [5, 5.41) is 21.4. The summed E-state index contributed by atoms with van der Waals surface area (Å²) in [5.41, 5.74) is -0.0428. The van der Waals surface area contributed by atoms with Crippen LogP contribution in [0.2, 0.25) is 0 Å². The Labute approximate surface area is 268 Å². The number of carbonyl (C=O) groups excluding carboxylic acids is 3. The normalized spacial score (nSPS) is 18.4. The number of carbonyl (C=O) groups is 3. The molecule has 2 saturated heterocycles. The molecule has 0 saturated carbocycles. The van der Waals surface area contributed by atoms with Gasteiger partial charge in [0.05, 0.1) is 28.8 Å². The molecule has 2 aliphatic heterocycles. The molecule has 3 amide bonds. The monoisotopic (exact) mass is 649 g/mol. The summed E-state index contributed by atoms with van der Waals surface area (Å²) in [4.78, 5) is 47.0. The van der Waals surface area contributed by atoms with Crippen LogP contribution in [0, 0.1) is 0 Å². The third-order valence-corrected chi connectivity index (χ3v) is 8.62. The number of anilines is 1. The van der Waals surface area contributed by atoms with Crippen LogP contribution in [0.25, 0.3) is 10.9 Å². The van der Waals surface area contributed by atoms with Crippen LogP contribution in [0.3, 0.4) is 0 Å². The van der Waals surface area contributed by atoms with E-state index in [4.69, 9.17) is 5.10 Å². The minimum Gasteiger partial charge on any atom is -0.386 e. The van der Waals surface area contributed by atoms with Crippen LogP contribution >= 0.6 is 0 Å². The van der Waals surface area contributed by atoms with Gasteiger partial charge in [0.15, 0.2) is 0 Å². The molecule has 14 heteroatoms. The molecule has 1 atom stereocenters. The van der Waals surface area contributed by atoms with Gasteiger partial charge in [-0.25, -0.2) is 4.98 Å². The van der Waals surface area contributed by atoms with Crippen LogP contribution in [-0.2, 0) is 27.9 Å². The number of hydrogen-bond donors (Lipinski definition) is 3. The molecule has 246 valence electrons. The number of pyridine rings is 2. The van der Waals surface area contributed by atoms with Gasteiger partial charge in [0.2, 0.25) is 11.8 Å². The number of alkyl halides is 3. The van der Waals surface area contributed by atoms with Crippen LogP contribution in [0.1, 0.15) is 84.5 Å². The molecule has 2 aliphatic rings. The summed E-state index contributed by atoms with van der Waals surface area (Å²) in [5.74, 6) is -1.84. The fraction of sp³-hybridized carbons (Fsp3) is 0.394. The number of benzene rings is 1. The topological polar surface area (TPSA) is 142 Å². The van der Waals surface area contributed by atoms with E-state index in [0.29, 0.717) is 41.5 Å². The van der Waals surface area contributed by atoms with E-state index in [1.807, 2.05) is 23.0 Å². The third-order valence-electron chi connectivity index (χ3n) is 8.62. The van der Waals surface area contributed by atoms with E-state index in [1.165, 1.54) is 6.07 Å². The van der Waals surface area contributed by atoms with Crippen molar-refractivity contribution >= 4 is 34.3 Å². The molecule has 47 heavy (non-hydrogen) atoms. The molecule has 5 heterocycles. The number of hydrogen-bond acceptors (Lipinski definition) is 8. The number of rotatable bonds is 7. The Balaban J connectivity index is 1.15. The van der Waals surface area contributed by atoms with Crippen molar-refractivity contribution in [1.82, 2.24) is 30.0 Å². The number of piperidine rings is 2. The van der Waals surface area contributed by atoms with Gasteiger partial charge in [-0.15, -0.1) is 0 Å². The lowest BCUT2D eigenvalue weighted by molar-refractivity contribution is -0.141. The van der Waals surface area contributed by atoms with E-state index < -0.39 is 35.0 Å². The number of fused-ring (bicyclic) bond motifs is 1. The SMILES string of the molecule is CC(C)(O)c1cc2nn(C3CCN(Cc4ccnc(C5CCC(=O)NC5=O)c4)CC3)cc2cc1NC(=O)c1cccc(C(F)(F)F)n1. The zero-order valence-electron chi connectivity index (χ0n) is 25.8. The number of aromatic nitrogens is 4. The van der Waals surface area contributed by atoms with Crippen molar-refractivity contribution < 1.29 is 32.7 Å². The van der Waals surface area contributed by atoms with E-state index in [-0.39, 0.29) is 23.5 Å². The van der Waals surface area contributed by atoms with Gasteiger partial charge in [-0.3, -0.25) is 34.3 Å². The predicted molar refractivity (Wildman–Crippen MR) is 165 cm³/mol. The lowest BCUT2D eigenvalue weighted by atomic mass is 9.93. The average Bonchev–Trinajstić information content (AvgIpc) is 3.43. The van der Waals surface area contributed by atoms with E-state index in [1.54, 1.807) is 32.2 Å². The number of amides is 3. The van der Waals surface area contributed by atoms with Crippen molar-refractivity contribution in [3.05, 3.63) is 83.1 Å². The number of nitrogens with zero attached hydrogens (tertiary/aromatic N) is 5. The Morgan fingerprint density at radius 2 is 1.85 bits per heavy atom.